The van der Waals surface area contributed by atoms with Gasteiger partial charge >= 0.3 is 11.6 Å². The molecular weight excluding hydrogens is 368 g/mol. The van der Waals surface area contributed by atoms with Crippen LogP contribution < -0.4 is 15.0 Å². The Bertz CT molecular complexity index is 1370. The molecule has 0 atom stereocenters. The Hall–Kier alpha value is -4.06. The van der Waals surface area contributed by atoms with Crippen molar-refractivity contribution in [1.82, 2.24) is 9.55 Å². The first-order chi connectivity index (χ1) is 14.2. The van der Waals surface area contributed by atoms with Gasteiger partial charge in [0.05, 0.1) is 12.8 Å². The van der Waals surface area contributed by atoms with Gasteiger partial charge in [-0.25, -0.2) is 4.57 Å². The average Bonchev–Trinajstić information content (AvgIpc) is 3.14. The molecule has 0 unspecified atom stereocenters. The molecular formula is C23H16N2O4. The summed E-state index contributed by atoms with van der Waals surface area (Å²) in [4.78, 5) is 18.0. The quantitative estimate of drug-likeness (QED) is 0.439. The van der Waals surface area contributed by atoms with Crippen LogP contribution in [0.4, 0.5) is 0 Å². The molecule has 2 aromatic heterocycles. The van der Waals surface area contributed by atoms with E-state index in [1.807, 2.05) is 54.6 Å². The van der Waals surface area contributed by atoms with Gasteiger partial charge in [0.2, 0.25) is 5.58 Å². The molecule has 6 heteroatoms. The normalized spacial score (nSPS) is 11.1. The number of rotatable bonds is 4. The molecule has 0 amide bonds. The van der Waals surface area contributed by atoms with Crippen molar-refractivity contribution < 1.29 is 13.9 Å². The number of ether oxygens (including phenoxy) is 2. The summed E-state index contributed by atoms with van der Waals surface area (Å²) in [6, 6.07) is 23.9. The smallest absolute Gasteiger partial charge is 0.310 e. The maximum Gasteiger partial charge on any atom is 0.310 e. The lowest BCUT2D eigenvalue weighted by Crippen LogP contribution is -2.20. The number of benzene rings is 3. The topological polar surface area (TPSA) is 66.5 Å². The Morgan fingerprint density at radius 2 is 1.55 bits per heavy atom. The molecule has 0 fully saturated rings. The van der Waals surface area contributed by atoms with Crippen molar-refractivity contribution in [1.29, 1.82) is 0 Å². The van der Waals surface area contributed by atoms with Crippen LogP contribution in [-0.2, 0) is 0 Å². The van der Waals surface area contributed by atoms with Crippen LogP contribution in [0.1, 0.15) is 0 Å². The molecule has 29 heavy (non-hydrogen) atoms. The molecule has 0 radical (unpaired) electrons. The summed E-state index contributed by atoms with van der Waals surface area (Å²) >= 11 is 0. The Kier molecular flexibility index (Phi) is 4.02. The first-order valence-corrected chi connectivity index (χ1v) is 9.06. The number of furan rings is 1. The molecule has 0 bridgehead atoms. The van der Waals surface area contributed by atoms with Crippen molar-refractivity contribution in [2.75, 3.05) is 7.11 Å². The van der Waals surface area contributed by atoms with Crippen LogP contribution >= 0.6 is 0 Å². The zero-order chi connectivity index (χ0) is 19.8. The predicted octanol–water partition coefficient (Wildman–Crippen LogP) is 4.93. The van der Waals surface area contributed by atoms with E-state index in [0.717, 1.165) is 5.39 Å². The van der Waals surface area contributed by atoms with Crippen LogP contribution in [0.15, 0.2) is 88.1 Å². The van der Waals surface area contributed by atoms with E-state index in [1.165, 1.54) is 4.57 Å². The highest BCUT2D eigenvalue weighted by atomic mass is 16.5. The third-order valence-electron chi connectivity index (χ3n) is 4.65. The molecule has 0 saturated heterocycles. The summed E-state index contributed by atoms with van der Waals surface area (Å²) in [5, 5.41) is 0.763. The van der Waals surface area contributed by atoms with Gasteiger partial charge in [-0.1, -0.05) is 30.3 Å². The van der Waals surface area contributed by atoms with Crippen LogP contribution in [0, 0.1) is 0 Å². The van der Waals surface area contributed by atoms with E-state index in [1.54, 1.807) is 31.4 Å². The fraction of sp³-hybridized carbons (Fsp3) is 0.0435. The second-order valence-electron chi connectivity index (χ2n) is 6.42. The SMILES string of the molecule is COc1ccc(Oc2nc3c(oc4ccccc43)c(=O)n2-c2ccccc2)cc1. The Morgan fingerprint density at radius 3 is 2.31 bits per heavy atom. The molecule has 0 aliphatic carbocycles. The fourth-order valence-corrected chi connectivity index (χ4v) is 3.24. The van der Waals surface area contributed by atoms with Crippen LogP contribution in [0.3, 0.4) is 0 Å². The van der Waals surface area contributed by atoms with Gasteiger partial charge in [0.15, 0.2) is 0 Å². The lowest BCUT2D eigenvalue weighted by Gasteiger charge is -2.12. The first kappa shape index (κ1) is 17.1. The number of hydrogen-bond donors (Lipinski definition) is 0. The maximum absolute atomic E-state index is 13.3. The Morgan fingerprint density at radius 1 is 0.862 bits per heavy atom. The summed E-state index contributed by atoms with van der Waals surface area (Å²) in [6.07, 6.45) is 0. The summed E-state index contributed by atoms with van der Waals surface area (Å²) in [5.41, 5.74) is 1.57. The minimum atomic E-state index is -0.332. The lowest BCUT2D eigenvalue weighted by atomic mass is 10.2. The van der Waals surface area contributed by atoms with Gasteiger partial charge in [-0.15, -0.1) is 0 Å². The maximum atomic E-state index is 13.3. The van der Waals surface area contributed by atoms with Gasteiger partial charge < -0.3 is 13.9 Å². The number of nitrogens with zero attached hydrogens (tertiary/aromatic N) is 2. The predicted molar refractivity (Wildman–Crippen MR) is 110 cm³/mol. The molecule has 3 aromatic carbocycles. The van der Waals surface area contributed by atoms with Gasteiger partial charge in [0, 0.05) is 5.39 Å². The standard InChI is InChI=1S/C23H16N2O4/c1-27-16-11-13-17(14-12-16)28-23-24-20-18-9-5-6-10-19(18)29-21(20)22(26)25(23)15-7-3-2-4-8-15/h2-14H,1H3. The summed E-state index contributed by atoms with van der Waals surface area (Å²) in [5.74, 6) is 1.25. The number of fused-ring (bicyclic) bond motifs is 3. The summed E-state index contributed by atoms with van der Waals surface area (Å²) in [6.45, 7) is 0. The highest BCUT2D eigenvalue weighted by molar-refractivity contribution is 6.02. The van der Waals surface area contributed by atoms with Crippen molar-refractivity contribution in [3.05, 3.63) is 89.2 Å². The second kappa shape index (κ2) is 6.83. The van der Waals surface area contributed by atoms with Crippen molar-refractivity contribution in [2.24, 2.45) is 0 Å². The lowest BCUT2D eigenvalue weighted by molar-refractivity contribution is 0.408. The average molecular weight is 384 g/mol. The monoisotopic (exact) mass is 384 g/mol. The zero-order valence-corrected chi connectivity index (χ0v) is 15.5. The summed E-state index contributed by atoms with van der Waals surface area (Å²) < 4.78 is 18.4. The van der Waals surface area contributed by atoms with Gasteiger partial charge in [0.25, 0.3) is 0 Å². The van der Waals surface area contributed by atoms with E-state index >= 15 is 0 Å². The largest absolute Gasteiger partial charge is 0.497 e. The van der Waals surface area contributed by atoms with E-state index in [2.05, 4.69) is 4.98 Å². The summed E-state index contributed by atoms with van der Waals surface area (Å²) in [7, 11) is 1.60. The minimum Gasteiger partial charge on any atom is -0.497 e. The van der Waals surface area contributed by atoms with Crippen LogP contribution in [0.2, 0.25) is 0 Å². The van der Waals surface area contributed by atoms with Gasteiger partial charge in [0.1, 0.15) is 22.6 Å². The van der Waals surface area contributed by atoms with Crippen molar-refractivity contribution in [2.45, 2.75) is 0 Å². The van der Waals surface area contributed by atoms with Crippen molar-refractivity contribution >= 4 is 22.1 Å². The van der Waals surface area contributed by atoms with E-state index in [9.17, 15) is 4.79 Å². The van der Waals surface area contributed by atoms with E-state index in [0.29, 0.717) is 28.3 Å². The third kappa shape index (κ3) is 2.91. The fourth-order valence-electron chi connectivity index (χ4n) is 3.24. The second-order valence-corrected chi connectivity index (χ2v) is 6.42. The molecule has 0 spiro atoms. The van der Waals surface area contributed by atoms with Crippen LogP contribution in [0.25, 0.3) is 27.8 Å². The van der Waals surface area contributed by atoms with Gasteiger partial charge in [-0.3, -0.25) is 4.79 Å². The molecule has 5 aromatic rings. The van der Waals surface area contributed by atoms with Gasteiger partial charge in [-0.05, 0) is 48.5 Å². The van der Waals surface area contributed by atoms with E-state index in [4.69, 9.17) is 13.9 Å². The van der Waals surface area contributed by atoms with Gasteiger partial charge in [-0.2, -0.15) is 4.98 Å². The van der Waals surface area contributed by atoms with E-state index < -0.39 is 0 Å². The Balaban J connectivity index is 1.77. The van der Waals surface area contributed by atoms with Crippen LogP contribution in [0.5, 0.6) is 17.5 Å². The molecule has 0 aliphatic heterocycles. The molecule has 0 N–H and O–H groups in total. The molecule has 5 rings (SSSR count). The number of methoxy groups -OCH3 is 1. The minimum absolute atomic E-state index is 0.158. The zero-order valence-electron chi connectivity index (χ0n) is 15.5. The number of aromatic nitrogens is 2. The number of para-hydroxylation sites is 2. The van der Waals surface area contributed by atoms with Crippen molar-refractivity contribution in [3.8, 4) is 23.2 Å². The highest BCUT2D eigenvalue weighted by Gasteiger charge is 2.20. The van der Waals surface area contributed by atoms with Crippen molar-refractivity contribution in [3.63, 3.8) is 0 Å². The van der Waals surface area contributed by atoms with E-state index in [-0.39, 0.29) is 17.2 Å². The molecule has 2 heterocycles. The molecule has 142 valence electrons. The molecule has 0 saturated carbocycles. The molecule has 6 nitrogen and oxygen atoms in total. The van der Waals surface area contributed by atoms with Crippen LogP contribution in [-0.4, -0.2) is 16.7 Å². The Labute approximate surface area is 165 Å². The molecule has 0 aliphatic rings. The highest BCUT2D eigenvalue weighted by Crippen LogP contribution is 2.29. The third-order valence-corrected chi connectivity index (χ3v) is 4.65. The number of hydrogen-bond acceptors (Lipinski definition) is 5. The first-order valence-electron chi connectivity index (χ1n) is 9.06.